The average Bonchev–Trinajstić information content (AvgIpc) is 2.61. The van der Waals surface area contributed by atoms with E-state index in [1.165, 1.54) is 33.2 Å². The van der Waals surface area contributed by atoms with E-state index >= 15 is 0 Å². The molecule has 1 aliphatic rings. The number of hydrogen-bond acceptors (Lipinski definition) is 1. The molecule has 1 aromatic heterocycles. The Balaban J connectivity index is 2.14. The van der Waals surface area contributed by atoms with Crippen molar-refractivity contribution in [1.82, 2.24) is 0 Å². The van der Waals surface area contributed by atoms with Crippen LogP contribution in [0.25, 0.3) is 32.9 Å². The number of pyridine rings is 1. The van der Waals surface area contributed by atoms with E-state index < -0.39 is 0 Å². The summed E-state index contributed by atoms with van der Waals surface area (Å²) in [5.41, 5.74) is 5.95. The zero-order valence-electron chi connectivity index (χ0n) is 13.7. The Morgan fingerprint density at radius 1 is 0.875 bits per heavy atom. The van der Waals surface area contributed by atoms with Gasteiger partial charge < -0.3 is 10.0 Å². The molecular weight excluding hydrogens is 296 g/mol. The highest BCUT2D eigenvalue weighted by molar-refractivity contribution is 6.17. The Labute approximate surface area is 140 Å². The zero-order chi connectivity index (χ0) is 16.4. The third-order valence-electron chi connectivity index (χ3n) is 5.13. The van der Waals surface area contributed by atoms with Crippen LogP contribution in [0, 0.1) is 0 Å². The molecule has 2 N–H and O–H groups in total. The third kappa shape index (κ3) is 1.54. The fourth-order valence-corrected chi connectivity index (χ4v) is 4.05. The molecule has 3 heteroatoms. The van der Waals surface area contributed by atoms with Crippen LogP contribution < -0.4 is 9.47 Å². The van der Waals surface area contributed by atoms with Crippen molar-refractivity contribution in [2.75, 3.05) is 11.9 Å². The first-order valence-electron chi connectivity index (χ1n) is 8.10. The van der Waals surface area contributed by atoms with Crippen LogP contribution in [-0.4, -0.2) is 12.2 Å². The fraction of sp³-hybridized carbons (Fsp3) is 0.0952. The standard InChI is InChI=1S/C21H16N2O/c1-22-18-10-6-4-8-15(18)21-20-16(11-13(24)12-19(20)22)14-7-3-5-9-17(14)23(21)2/h3-12H,1-2H3/p+2. The van der Waals surface area contributed by atoms with Gasteiger partial charge in [0.25, 0.3) is 5.75 Å². The molecule has 116 valence electrons. The molecule has 1 aliphatic heterocycles. The lowest BCUT2D eigenvalue weighted by Gasteiger charge is -2.28. The van der Waals surface area contributed by atoms with Crippen LogP contribution in [0.4, 0.5) is 11.4 Å². The molecule has 4 aromatic rings. The van der Waals surface area contributed by atoms with Gasteiger partial charge in [0, 0.05) is 24.6 Å². The van der Waals surface area contributed by atoms with Gasteiger partial charge in [0.05, 0.1) is 33.8 Å². The molecule has 0 radical (unpaired) electrons. The summed E-state index contributed by atoms with van der Waals surface area (Å²) in [6.45, 7) is 0. The van der Waals surface area contributed by atoms with Crippen LogP contribution >= 0.6 is 0 Å². The molecule has 3 nitrogen and oxygen atoms in total. The maximum absolute atomic E-state index is 8.29. The Kier molecular flexibility index (Phi) is 2.50. The quantitative estimate of drug-likeness (QED) is 0.274. The Morgan fingerprint density at radius 2 is 1.62 bits per heavy atom. The molecular formula is C21H18N2O+2. The van der Waals surface area contributed by atoms with Gasteiger partial charge >= 0.3 is 0 Å². The highest BCUT2D eigenvalue weighted by Crippen LogP contribution is 2.47. The lowest BCUT2D eigenvalue weighted by molar-refractivity contribution is -0.632. The summed E-state index contributed by atoms with van der Waals surface area (Å²) in [4.78, 5) is 2.21. The smallest absolute Gasteiger partial charge is 0.256 e. The largest absolute Gasteiger partial charge is 0.593 e. The maximum atomic E-state index is 8.29. The van der Waals surface area contributed by atoms with E-state index in [1.807, 2.05) is 12.1 Å². The Hall–Kier alpha value is -3.07. The molecule has 0 spiro atoms. The van der Waals surface area contributed by atoms with Gasteiger partial charge in [0.2, 0.25) is 11.2 Å². The molecule has 0 atom stereocenters. The second-order valence-electron chi connectivity index (χ2n) is 6.42. The molecule has 0 saturated carbocycles. The number of aryl methyl sites for hydroxylation is 1. The monoisotopic (exact) mass is 314 g/mol. The zero-order valence-corrected chi connectivity index (χ0v) is 13.7. The van der Waals surface area contributed by atoms with Gasteiger partial charge in [0.1, 0.15) is 7.05 Å². The number of nitrogens with zero attached hydrogens (tertiary/aromatic N) is 2. The maximum Gasteiger partial charge on any atom is 0.256 e. The summed E-state index contributed by atoms with van der Waals surface area (Å²) in [5, 5.41) is 11.9. The molecule has 0 aliphatic carbocycles. The van der Waals surface area contributed by atoms with Gasteiger partial charge in [-0.25, -0.2) is 0 Å². The van der Waals surface area contributed by atoms with Crippen LogP contribution in [-0.2, 0) is 7.05 Å². The van der Waals surface area contributed by atoms with Gasteiger partial charge in [0.15, 0.2) is 0 Å². The van der Waals surface area contributed by atoms with E-state index in [9.17, 15) is 0 Å². The normalized spacial score (nSPS) is 12.7. The molecule has 2 heterocycles. The predicted octanol–water partition coefficient (Wildman–Crippen LogP) is 4.00. The minimum atomic E-state index is 0.550. The number of rotatable bonds is 0. The first kappa shape index (κ1) is 13.4. The van der Waals surface area contributed by atoms with Gasteiger partial charge in [-0.3, -0.25) is 0 Å². The number of anilines is 2. The van der Waals surface area contributed by atoms with Crippen molar-refractivity contribution in [3.63, 3.8) is 0 Å². The number of para-hydroxylation sites is 2. The number of fused-ring (bicyclic) bond motifs is 4. The van der Waals surface area contributed by atoms with E-state index in [0.29, 0.717) is 5.75 Å². The molecule has 0 unspecified atom stereocenters. The molecule has 24 heavy (non-hydrogen) atoms. The lowest BCUT2D eigenvalue weighted by atomic mass is 9.93. The summed E-state index contributed by atoms with van der Waals surface area (Å²) in [5.74, 6) is 0.550. The minimum Gasteiger partial charge on any atom is -0.593 e. The van der Waals surface area contributed by atoms with Crippen molar-refractivity contribution in [1.29, 1.82) is 0 Å². The van der Waals surface area contributed by atoms with Gasteiger partial charge in [-0.2, -0.15) is 4.57 Å². The van der Waals surface area contributed by atoms with Crippen LogP contribution in [0.15, 0.2) is 60.7 Å². The minimum absolute atomic E-state index is 0.550. The average molecular weight is 314 g/mol. The highest BCUT2D eigenvalue weighted by atomic mass is 16.3. The van der Waals surface area contributed by atoms with Crippen molar-refractivity contribution < 1.29 is 9.67 Å². The molecule has 3 aromatic carbocycles. The van der Waals surface area contributed by atoms with E-state index in [2.05, 4.69) is 72.1 Å². The van der Waals surface area contributed by atoms with E-state index in [4.69, 9.17) is 5.11 Å². The van der Waals surface area contributed by atoms with E-state index in [-0.39, 0.29) is 0 Å². The first-order valence-corrected chi connectivity index (χ1v) is 8.10. The summed E-state index contributed by atoms with van der Waals surface area (Å²) in [7, 11) is 4.22. The number of benzene rings is 3. The molecule has 0 bridgehead atoms. The third-order valence-corrected chi connectivity index (χ3v) is 5.13. The van der Waals surface area contributed by atoms with Gasteiger partial charge in [-0.15, -0.1) is 0 Å². The molecule has 5 rings (SSSR count). The van der Waals surface area contributed by atoms with Crippen molar-refractivity contribution >= 4 is 33.1 Å². The number of aromatic nitrogens is 1. The van der Waals surface area contributed by atoms with Crippen LogP contribution in [0.2, 0.25) is 0 Å². The van der Waals surface area contributed by atoms with Crippen molar-refractivity contribution in [3.05, 3.63) is 60.7 Å². The Bertz CT molecular complexity index is 1150. The SMILES string of the molecule is CN1c2ccccc2-c2c3c1cc([OH2+])cc3c1ccccc1[n+]2C. The Morgan fingerprint density at radius 3 is 2.50 bits per heavy atom. The first-order chi connectivity index (χ1) is 11.7. The second kappa shape index (κ2) is 4.48. The topological polar surface area (TPSA) is 30.0 Å². The lowest BCUT2D eigenvalue weighted by Crippen LogP contribution is -2.34. The summed E-state index contributed by atoms with van der Waals surface area (Å²) < 4.78 is 2.29. The van der Waals surface area contributed by atoms with E-state index in [1.54, 1.807) is 0 Å². The van der Waals surface area contributed by atoms with Crippen molar-refractivity contribution in [2.24, 2.45) is 7.05 Å². The second-order valence-corrected chi connectivity index (χ2v) is 6.42. The van der Waals surface area contributed by atoms with Crippen molar-refractivity contribution in [2.45, 2.75) is 0 Å². The van der Waals surface area contributed by atoms with E-state index in [0.717, 1.165) is 11.1 Å². The van der Waals surface area contributed by atoms with Crippen LogP contribution in [0.1, 0.15) is 0 Å². The van der Waals surface area contributed by atoms with Gasteiger partial charge in [-0.05, 0) is 18.2 Å². The van der Waals surface area contributed by atoms with Crippen LogP contribution in [0.5, 0.6) is 5.75 Å². The fourth-order valence-electron chi connectivity index (χ4n) is 4.05. The van der Waals surface area contributed by atoms with Gasteiger partial charge in [-0.1, -0.05) is 24.3 Å². The molecule has 0 amide bonds. The summed E-state index contributed by atoms with van der Waals surface area (Å²) >= 11 is 0. The van der Waals surface area contributed by atoms with Crippen molar-refractivity contribution in [3.8, 4) is 17.0 Å². The molecule has 0 saturated heterocycles. The summed E-state index contributed by atoms with van der Waals surface area (Å²) in [6, 6.07) is 20.9. The number of hydrogen-bond donors (Lipinski definition) is 0. The summed E-state index contributed by atoms with van der Waals surface area (Å²) in [6.07, 6.45) is 0. The highest BCUT2D eigenvalue weighted by Gasteiger charge is 2.31. The predicted molar refractivity (Wildman–Crippen MR) is 99.2 cm³/mol. The van der Waals surface area contributed by atoms with Crippen LogP contribution in [0.3, 0.4) is 0 Å². The molecule has 0 fully saturated rings.